The molecule has 4 N–H and O–H groups in total. The smallest absolute Gasteiger partial charge is 0.328 e. The average molecular weight is 605 g/mol. The fourth-order valence-corrected chi connectivity index (χ4v) is 5.41. The summed E-state index contributed by atoms with van der Waals surface area (Å²) in [6, 6.07) is -1.46. The second-order valence-electron chi connectivity index (χ2n) is 9.53. The lowest BCUT2D eigenvalue weighted by Gasteiger charge is -2.22. The van der Waals surface area contributed by atoms with E-state index >= 15 is 0 Å². The number of amides is 2. The van der Waals surface area contributed by atoms with Gasteiger partial charge in [-0.25, -0.2) is 9.59 Å². The Hall–Kier alpha value is -2.02. The van der Waals surface area contributed by atoms with Crippen LogP contribution in [-0.2, 0) is 28.7 Å². The Kier molecular flexibility index (Phi) is 21.5. The number of methoxy groups -OCH3 is 2. The molecule has 0 fully saturated rings. The van der Waals surface area contributed by atoms with Gasteiger partial charge >= 0.3 is 11.9 Å². The number of nitrogens with one attached hydrogen (secondary N) is 2. The number of hydrogen-bond acceptors (Lipinski definition) is 10. The van der Waals surface area contributed by atoms with Gasteiger partial charge in [-0.3, -0.25) is 9.59 Å². The van der Waals surface area contributed by atoms with Crippen molar-refractivity contribution in [1.82, 2.24) is 10.6 Å². The fourth-order valence-electron chi connectivity index (χ4n) is 3.43. The van der Waals surface area contributed by atoms with Crippen molar-refractivity contribution in [3.63, 3.8) is 0 Å². The van der Waals surface area contributed by atoms with Crippen LogP contribution in [0.15, 0.2) is 24.3 Å². The van der Waals surface area contributed by atoms with Crippen LogP contribution < -0.4 is 10.6 Å². The highest BCUT2D eigenvalue weighted by atomic mass is 33.1. The number of allylic oxidation sites excluding steroid dienone is 2. The van der Waals surface area contributed by atoms with Crippen molar-refractivity contribution >= 4 is 45.3 Å². The largest absolute Gasteiger partial charge is 0.467 e. The second-order valence-corrected chi connectivity index (χ2v) is 12.2. The Morgan fingerprint density at radius 3 is 1.38 bits per heavy atom. The van der Waals surface area contributed by atoms with Gasteiger partial charge in [-0.05, 0) is 24.7 Å². The highest BCUT2D eigenvalue weighted by Crippen LogP contribution is 2.23. The van der Waals surface area contributed by atoms with Crippen LogP contribution in [0.4, 0.5) is 0 Å². The second kappa shape index (κ2) is 22.6. The summed E-state index contributed by atoms with van der Waals surface area (Å²) >= 11 is 0. The van der Waals surface area contributed by atoms with E-state index in [0.717, 1.165) is 24.3 Å². The van der Waals surface area contributed by atoms with Gasteiger partial charge in [0.2, 0.25) is 11.8 Å². The van der Waals surface area contributed by atoms with Crippen LogP contribution in [0.3, 0.4) is 0 Å². The topological polar surface area (TPSA) is 151 Å². The third-order valence-electron chi connectivity index (χ3n) is 6.29. The number of hydrogen-bond donors (Lipinski definition) is 4. The van der Waals surface area contributed by atoms with E-state index in [1.54, 1.807) is 33.7 Å². The average Bonchev–Trinajstić information content (AvgIpc) is 2.93. The maximum atomic E-state index is 12.2. The maximum Gasteiger partial charge on any atom is 0.328 e. The van der Waals surface area contributed by atoms with Crippen LogP contribution in [0.1, 0.15) is 66.2 Å². The van der Waals surface area contributed by atoms with Gasteiger partial charge < -0.3 is 30.3 Å². The van der Waals surface area contributed by atoms with E-state index in [-0.39, 0.29) is 24.7 Å². The van der Waals surface area contributed by atoms with Crippen molar-refractivity contribution in [2.45, 2.75) is 90.5 Å². The van der Waals surface area contributed by atoms with Crippen molar-refractivity contribution in [2.75, 3.05) is 25.7 Å². The maximum absolute atomic E-state index is 12.2. The zero-order valence-corrected chi connectivity index (χ0v) is 26.2. The molecule has 0 aliphatic rings. The lowest BCUT2D eigenvalue weighted by molar-refractivity contribution is -0.147. The minimum atomic E-state index is -0.937. The highest BCUT2D eigenvalue weighted by Gasteiger charge is 2.28. The number of carbonyl (C=O) groups excluding carboxylic acids is 4. The SMILES string of the molecule is CCC(C)C(NC(=O)CC(O)/C=C/CCSSCC/C=C/C(O)CC(=O)NC(C(=O)OC)C(C)CC)C(=O)OC. The van der Waals surface area contributed by atoms with E-state index in [9.17, 15) is 29.4 Å². The Balaban J connectivity index is 4.15. The molecule has 12 heteroatoms. The first-order chi connectivity index (χ1) is 19.0. The minimum Gasteiger partial charge on any atom is -0.467 e. The van der Waals surface area contributed by atoms with Gasteiger partial charge in [-0.1, -0.05) is 86.4 Å². The van der Waals surface area contributed by atoms with Gasteiger partial charge in [0.05, 0.1) is 39.3 Å². The Labute approximate surface area is 246 Å². The summed E-state index contributed by atoms with van der Waals surface area (Å²) in [5.74, 6) is -0.320. The van der Waals surface area contributed by atoms with Gasteiger partial charge in [-0.2, -0.15) is 0 Å². The van der Waals surface area contributed by atoms with Gasteiger partial charge in [0.1, 0.15) is 12.1 Å². The molecule has 0 heterocycles. The van der Waals surface area contributed by atoms with Crippen LogP contribution in [0.2, 0.25) is 0 Å². The molecule has 0 saturated heterocycles. The van der Waals surface area contributed by atoms with Crippen molar-refractivity contribution in [3.8, 4) is 0 Å². The van der Waals surface area contributed by atoms with Crippen LogP contribution in [0.25, 0.3) is 0 Å². The van der Waals surface area contributed by atoms with Gasteiger partial charge in [0.15, 0.2) is 0 Å². The summed E-state index contributed by atoms with van der Waals surface area (Å²) in [7, 11) is 5.91. The summed E-state index contributed by atoms with van der Waals surface area (Å²) < 4.78 is 9.51. The molecule has 0 rings (SSSR count). The number of esters is 2. The normalized spacial score (nSPS) is 16.1. The molecule has 2 amide bonds. The number of rotatable bonds is 21. The van der Waals surface area contributed by atoms with Crippen LogP contribution in [0, 0.1) is 11.8 Å². The predicted octanol–water partition coefficient (Wildman–Crippen LogP) is 3.17. The first-order valence-corrected chi connectivity index (χ1v) is 16.2. The Morgan fingerprint density at radius 2 is 1.07 bits per heavy atom. The molecule has 0 radical (unpaired) electrons. The van der Waals surface area contributed by atoms with E-state index in [1.807, 2.05) is 39.8 Å². The quantitative estimate of drug-likeness (QED) is 0.0666. The molecule has 0 aromatic heterocycles. The molecule has 40 heavy (non-hydrogen) atoms. The first-order valence-electron chi connectivity index (χ1n) is 13.7. The summed E-state index contributed by atoms with van der Waals surface area (Å²) in [5, 5.41) is 25.5. The number of aliphatic hydroxyl groups is 2. The van der Waals surface area contributed by atoms with E-state index in [1.165, 1.54) is 14.2 Å². The zero-order chi connectivity index (χ0) is 30.5. The van der Waals surface area contributed by atoms with Gasteiger partial charge in [0, 0.05) is 11.5 Å². The zero-order valence-electron chi connectivity index (χ0n) is 24.6. The Morgan fingerprint density at radius 1 is 0.725 bits per heavy atom. The standard InChI is InChI=1S/C28H48N2O8S2/c1-7-19(3)25(27(35)37-5)29-23(33)17-21(31)13-9-11-15-39-40-16-12-10-14-22(32)18-24(34)30-26(20(4)8-2)28(36)38-6/h9-10,13-14,19-22,25-26,31-32H,7-8,11-12,15-18H2,1-6H3,(H,29,33)(H,30,34)/b13-9+,14-10+. The van der Waals surface area contributed by atoms with Crippen molar-refractivity contribution in [3.05, 3.63) is 24.3 Å². The molecule has 6 unspecified atom stereocenters. The minimum absolute atomic E-state index is 0.0765. The molecule has 230 valence electrons. The van der Waals surface area contributed by atoms with Crippen LogP contribution in [0.5, 0.6) is 0 Å². The predicted molar refractivity (Wildman–Crippen MR) is 160 cm³/mol. The molecule has 0 aliphatic carbocycles. The van der Waals surface area contributed by atoms with Crippen molar-refractivity contribution in [1.29, 1.82) is 0 Å². The van der Waals surface area contributed by atoms with Gasteiger partial charge in [-0.15, -0.1) is 0 Å². The molecule has 0 spiro atoms. The van der Waals surface area contributed by atoms with Crippen LogP contribution in [-0.4, -0.2) is 84.0 Å². The highest BCUT2D eigenvalue weighted by molar-refractivity contribution is 8.76. The van der Waals surface area contributed by atoms with Crippen molar-refractivity contribution in [2.24, 2.45) is 11.8 Å². The third-order valence-corrected chi connectivity index (χ3v) is 8.77. The van der Waals surface area contributed by atoms with E-state index in [4.69, 9.17) is 9.47 Å². The molecule has 0 saturated carbocycles. The molecule has 0 aliphatic heterocycles. The molecular formula is C28H48N2O8S2. The molecule has 0 bridgehead atoms. The molecular weight excluding hydrogens is 556 g/mol. The fraction of sp³-hybridized carbons (Fsp3) is 0.714. The molecule has 10 nitrogen and oxygen atoms in total. The van der Waals surface area contributed by atoms with E-state index < -0.39 is 48.0 Å². The molecule has 0 aromatic carbocycles. The summed E-state index contributed by atoms with van der Waals surface area (Å²) in [6.45, 7) is 7.55. The number of carbonyl (C=O) groups is 4. The molecule has 6 atom stereocenters. The van der Waals surface area contributed by atoms with E-state index in [2.05, 4.69) is 10.6 Å². The number of ether oxygens (including phenoxy) is 2. The van der Waals surface area contributed by atoms with Crippen LogP contribution >= 0.6 is 21.6 Å². The third kappa shape index (κ3) is 16.9. The van der Waals surface area contributed by atoms with Gasteiger partial charge in [0.25, 0.3) is 0 Å². The Bertz CT molecular complexity index is 758. The summed E-state index contributed by atoms with van der Waals surface area (Å²) in [6.07, 6.45) is 7.52. The summed E-state index contributed by atoms with van der Waals surface area (Å²) in [4.78, 5) is 48.2. The van der Waals surface area contributed by atoms with Crippen molar-refractivity contribution < 1.29 is 38.9 Å². The monoisotopic (exact) mass is 604 g/mol. The lowest BCUT2D eigenvalue weighted by Crippen LogP contribution is -2.46. The molecule has 0 aromatic rings. The summed E-state index contributed by atoms with van der Waals surface area (Å²) in [5.41, 5.74) is 0. The van der Waals surface area contributed by atoms with E-state index in [0.29, 0.717) is 12.8 Å². The lowest BCUT2D eigenvalue weighted by atomic mass is 9.99. The first kappa shape index (κ1) is 38.0. The number of aliphatic hydroxyl groups excluding tert-OH is 2.